The van der Waals surface area contributed by atoms with Crippen molar-refractivity contribution in [2.45, 2.75) is 32.6 Å². The van der Waals surface area contributed by atoms with E-state index in [1.807, 2.05) is 31.2 Å². The molecule has 0 saturated carbocycles. The van der Waals surface area contributed by atoms with Crippen LogP contribution in [0.25, 0.3) is 0 Å². The minimum atomic E-state index is 0.0805. The van der Waals surface area contributed by atoms with Crippen LogP contribution >= 0.6 is 11.3 Å². The van der Waals surface area contributed by atoms with Crippen LogP contribution in [-0.4, -0.2) is 5.78 Å². The molecule has 0 fully saturated rings. The standard InChI is InChI=1S/C16H17NOS/c1-10-6-8-11(9-7-10)15(18)14-12-4-2-3-5-13(12)19-16(14)17/h6-9H,2-5,17H2,1H3. The van der Waals surface area contributed by atoms with Gasteiger partial charge in [0.25, 0.3) is 0 Å². The number of hydrogen-bond donors (Lipinski definition) is 1. The lowest BCUT2D eigenvalue weighted by Gasteiger charge is -2.12. The van der Waals surface area contributed by atoms with Gasteiger partial charge in [-0.15, -0.1) is 11.3 Å². The fourth-order valence-electron chi connectivity index (χ4n) is 2.69. The van der Waals surface area contributed by atoms with Crippen LogP contribution in [0, 0.1) is 6.92 Å². The predicted molar refractivity (Wildman–Crippen MR) is 80.0 cm³/mol. The summed E-state index contributed by atoms with van der Waals surface area (Å²) in [5.74, 6) is 0.0805. The van der Waals surface area contributed by atoms with Gasteiger partial charge in [0.2, 0.25) is 0 Å². The molecular weight excluding hydrogens is 254 g/mol. The Morgan fingerprint density at radius 2 is 1.84 bits per heavy atom. The van der Waals surface area contributed by atoms with E-state index in [9.17, 15) is 4.79 Å². The highest BCUT2D eigenvalue weighted by molar-refractivity contribution is 7.16. The number of nitrogens with two attached hydrogens (primary N) is 1. The molecule has 0 aliphatic heterocycles. The molecule has 1 aromatic carbocycles. The molecule has 0 unspecified atom stereocenters. The van der Waals surface area contributed by atoms with E-state index in [-0.39, 0.29) is 5.78 Å². The molecule has 3 rings (SSSR count). The van der Waals surface area contributed by atoms with Crippen LogP contribution in [0.1, 0.15) is 44.8 Å². The largest absolute Gasteiger partial charge is 0.390 e. The third-order valence-electron chi connectivity index (χ3n) is 3.74. The number of aryl methyl sites for hydroxylation is 2. The number of fused-ring (bicyclic) bond motifs is 1. The molecule has 19 heavy (non-hydrogen) atoms. The zero-order chi connectivity index (χ0) is 13.4. The second-order valence-electron chi connectivity index (χ2n) is 5.15. The molecule has 0 bridgehead atoms. The maximum absolute atomic E-state index is 12.6. The van der Waals surface area contributed by atoms with Crippen LogP contribution in [0.15, 0.2) is 24.3 Å². The van der Waals surface area contributed by atoms with E-state index in [1.165, 1.54) is 16.9 Å². The summed E-state index contributed by atoms with van der Waals surface area (Å²) in [5, 5.41) is 0.692. The van der Waals surface area contributed by atoms with Crippen LogP contribution < -0.4 is 5.73 Å². The quantitative estimate of drug-likeness (QED) is 0.845. The molecule has 0 saturated heterocycles. The Morgan fingerprint density at radius 3 is 2.58 bits per heavy atom. The molecule has 0 atom stereocenters. The molecule has 1 aromatic heterocycles. The van der Waals surface area contributed by atoms with E-state index in [0.717, 1.165) is 36.0 Å². The molecule has 1 heterocycles. The lowest BCUT2D eigenvalue weighted by molar-refractivity contribution is 0.103. The summed E-state index contributed by atoms with van der Waals surface area (Å²) >= 11 is 1.60. The summed E-state index contributed by atoms with van der Waals surface area (Å²) in [5.41, 5.74) is 9.96. The van der Waals surface area contributed by atoms with Crippen molar-refractivity contribution in [2.24, 2.45) is 0 Å². The summed E-state index contributed by atoms with van der Waals surface area (Å²) < 4.78 is 0. The molecule has 0 amide bonds. The minimum Gasteiger partial charge on any atom is -0.390 e. The minimum absolute atomic E-state index is 0.0805. The number of carbonyl (C=O) groups excluding carboxylic acids is 1. The number of nitrogen functional groups attached to an aromatic ring is 1. The van der Waals surface area contributed by atoms with Crippen LogP contribution in [0.4, 0.5) is 5.00 Å². The third-order valence-corrected chi connectivity index (χ3v) is 4.86. The van der Waals surface area contributed by atoms with Crippen molar-refractivity contribution in [3.05, 3.63) is 51.4 Å². The van der Waals surface area contributed by atoms with Crippen LogP contribution in [0.3, 0.4) is 0 Å². The first kappa shape index (κ1) is 12.4. The molecule has 2 aromatic rings. The second-order valence-corrected chi connectivity index (χ2v) is 6.28. The van der Waals surface area contributed by atoms with Crippen molar-refractivity contribution in [3.8, 4) is 0 Å². The van der Waals surface area contributed by atoms with Crippen molar-refractivity contribution in [1.29, 1.82) is 0 Å². The Bertz CT molecular complexity index is 625. The van der Waals surface area contributed by atoms with Gasteiger partial charge in [0.05, 0.1) is 10.6 Å². The lowest BCUT2D eigenvalue weighted by Crippen LogP contribution is -2.09. The Hall–Kier alpha value is -1.61. The first-order chi connectivity index (χ1) is 9.16. The molecular formula is C16H17NOS. The summed E-state index contributed by atoms with van der Waals surface area (Å²) in [6.07, 6.45) is 4.45. The fourth-order valence-corrected chi connectivity index (χ4v) is 3.84. The first-order valence-electron chi connectivity index (χ1n) is 6.68. The molecule has 2 N–H and O–H groups in total. The normalized spacial score (nSPS) is 14.2. The second kappa shape index (κ2) is 4.82. The van der Waals surface area contributed by atoms with Gasteiger partial charge in [-0.25, -0.2) is 0 Å². The molecule has 0 spiro atoms. The highest BCUT2D eigenvalue weighted by Gasteiger charge is 2.24. The highest BCUT2D eigenvalue weighted by Crippen LogP contribution is 2.37. The third kappa shape index (κ3) is 2.19. The molecule has 1 aliphatic rings. The maximum Gasteiger partial charge on any atom is 0.196 e. The van der Waals surface area contributed by atoms with Gasteiger partial charge in [-0.1, -0.05) is 29.8 Å². The van der Waals surface area contributed by atoms with Crippen molar-refractivity contribution in [3.63, 3.8) is 0 Å². The lowest BCUT2D eigenvalue weighted by atomic mass is 9.92. The van der Waals surface area contributed by atoms with E-state index in [0.29, 0.717) is 5.00 Å². The zero-order valence-corrected chi connectivity index (χ0v) is 11.8. The summed E-state index contributed by atoms with van der Waals surface area (Å²) in [6.45, 7) is 2.02. The fraction of sp³-hybridized carbons (Fsp3) is 0.312. The topological polar surface area (TPSA) is 43.1 Å². The number of thiophene rings is 1. The Kier molecular flexibility index (Phi) is 3.15. The average Bonchev–Trinajstić information content (AvgIpc) is 2.74. The van der Waals surface area contributed by atoms with E-state index in [4.69, 9.17) is 5.73 Å². The number of hydrogen-bond acceptors (Lipinski definition) is 3. The summed E-state index contributed by atoms with van der Waals surface area (Å²) in [7, 11) is 0. The van der Waals surface area contributed by atoms with E-state index < -0.39 is 0 Å². The van der Waals surface area contributed by atoms with E-state index in [1.54, 1.807) is 11.3 Å². The van der Waals surface area contributed by atoms with E-state index >= 15 is 0 Å². The van der Waals surface area contributed by atoms with Crippen LogP contribution in [0.2, 0.25) is 0 Å². The highest BCUT2D eigenvalue weighted by atomic mass is 32.1. The predicted octanol–water partition coefficient (Wildman–Crippen LogP) is 3.75. The number of ketones is 1. The molecule has 2 nitrogen and oxygen atoms in total. The van der Waals surface area contributed by atoms with Crippen molar-refractivity contribution >= 4 is 22.1 Å². The van der Waals surface area contributed by atoms with Crippen molar-refractivity contribution < 1.29 is 4.79 Å². The number of anilines is 1. The molecule has 1 aliphatic carbocycles. The van der Waals surface area contributed by atoms with Gasteiger partial charge in [-0.05, 0) is 38.2 Å². The van der Waals surface area contributed by atoms with Crippen LogP contribution in [0.5, 0.6) is 0 Å². The molecule has 3 heteroatoms. The van der Waals surface area contributed by atoms with Crippen molar-refractivity contribution in [2.75, 3.05) is 5.73 Å². The number of benzene rings is 1. The Morgan fingerprint density at radius 1 is 1.16 bits per heavy atom. The van der Waals surface area contributed by atoms with Crippen LogP contribution in [-0.2, 0) is 12.8 Å². The number of rotatable bonds is 2. The monoisotopic (exact) mass is 271 g/mol. The SMILES string of the molecule is Cc1ccc(C(=O)c2c(N)sc3c2CCCC3)cc1. The van der Waals surface area contributed by atoms with Gasteiger partial charge in [-0.3, -0.25) is 4.79 Å². The molecule has 0 radical (unpaired) electrons. The average molecular weight is 271 g/mol. The summed E-state index contributed by atoms with van der Waals surface area (Å²) in [4.78, 5) is 14.0. The first-order valence-corrected chi connectivity index (χ1v) is 7.50. The Labute approximate surface area is 117 Å². The van der Waals surface area contributed by atoms with Gasteiger partial charge < -0.3 is 5.73 Å². The van der Waals surface area contributed by atoms with Gasteiger partial charge >= 0.3 is 0 Å². The Balaban J connectivity index is 2.04. The smallest absolute Gasteiger partial charge is 0.196 e. The van der Waals surface area contributed by atoms with E-state index in [2.05, 4.69) is 0 Å². The van der Waals surface area contributed by atoms with Gasteiger partial charge in [0.1, 0.15) is 0 Å². The van der Waals surface area contributed by atoms with Gasteiger partial charge in [-0.2, -0.15) is 0 Å². The molecule has 98 valence electrons. The van der Waals surface area contributed by atoms with Gasteiger partial charge in [0.15, 0.2) is 5.78 Å². The summed E-state index contributed by atoms with van der Waals surface area (Å²) in [6, 6.07) is 7.73. The number of carbonyl (C=O) groups is 1. The zero-order valence-electron chi connectivity index (χ0n) is 11.0. The van der Waals surface area contributed by atoms with Crippen molar-refractivity contribution in [1.82, 2.24) is 0 Å². The maximum atomic E-state index is 12.6. The van der Waals surface area contributed by atoms with Gasteiger partial charge in [0, 0.05) is 10.4 Å².